The summed E-state index contributed by atoms with van der Waals surface area (Å²) in [4.78, 5) is 17.0. The maximum atomic E-state index is 6.55. The van der Waals surface area contributed by atoms with Crippen molar-refractivity contribution in [2.24, 2.45) is 0 Å². The Morgan fingerprint density at radius 2 is 0.706 bits per heavy atom. The molecule has 0 atom stereocenters. The molecule has 1 aromatic carbocycles. The van der Waals surface area contributed by atoms with Gasteiger partial charge in [0.05, 0.1) is 36.0 Å². The van der Waals surface area contributed by atoms with Crippen molar-refractivity contribution in [1.82, 2.24) is 19.9 Å². The van der Waals surface area contributed by atoms with E-state index in [1.807, 2.05) is 18.2 Å². The Morgan fingerprint density at radius 3 is 1.13 bits per heavy atom. The van der Waals surface area contributed by atoms with E-state index < -0.39 is 0 Å². The highest BCUT2D eigenvalue weighted by molar-refractivity contribution is 5.88. The lowest BCUT2D eigenvalue weighted by atomic mass is 10.0. The summed E-state index contributed by atoms with van der Waals surface area (Å²) in [5, 5.41) is 0. The summed E-state index contributed by atoms with van der Waals surface area (Å²) in [5.74, 6) is 1.74. The van der Waals surface area contributed by atoms with Crippen LogP contribution >= 0.6 is 0 Å². The smallest absolute Gasteiger partial charge is 0.123 e. The number of nitrogens with one attached hydrogen (secondary N) is 2. The van der Waals surface area contributed by atoms with Gasteiger partial charge < -0.3 is 19.4 Å². The lowest BCUT2D eigenvalue weighted by Crippen LogP contribution is -2.01. The minimum Gasteiger partial charge on any atom is -0.493 e. The molecule has 0 amide bonds. The second-order valence-corrected chi connectivity index (χ2v) is 20.1. The summed E-state index contributed by atoms with van der Waals surface area (Å²) in [6.45, 7) is 6.03. The first kappa shape index (κ1) is 52.8. The molecule has 0 saturated carbocycles. The summed E-state index contributed by atoms with van der Waals surface area (Å²) >= 11 is 0. The number of unbranched alkanes of at least 4 members (excludes halogenated alkanes) is 30. The van der Waals surface area contributed by atoms with Crippen LogP contribution in [0.3, 0.4) is 0 Å². The molecule has 0 aliphatic carbocycles. The van der Waals surface area contributed by atoms with Crippen molar-refractivity contribution < 1.29 is 9.47 Å². The molecule has 8 bridgehead atoms. The van der Waals surface area contributed by atoms with Gasteiger partial charge in [0, 0.05) is 33.7 Å². The van der Waals surface area contributed by atoms with E-state index in [9.17, 15) is 0 Å². The predicted octanol–water partition coefficient (Wildman–Crippen LogP) is 19.6. The zero-order valence-corrected chi connectivity index (χ0v) is 42.8. The van der Waals surface area contributed by atoms with E-state index in [4.69, 9.17) is 19.4 Å². The van der Waals surface area contributed by atoms with Gasteiger partial charge in [0.25, 0.3) is 0 Å². The van der Waals surface area contributed by atoms with Crippen molar-refractivity contribution in [3.05, 3.63) is 83.4 Å². The third kappa shape index (κ3) is 20.6. The van der Waals surface area contributed by atoms with Gasteiger partial charge in [-0.15, -0.1) is 0 Å². The van der Waals surface area contributed by atoms with Crippen molar-refractivity contribution in [2.75, 3.05) is 13.2 Å². The number of hydrogen-bond acceptors (Lipinski definition) is 4. The van der Waals surface area contributed by atoms with E-state index in [1.165, 1.54) is 193 Å². The molecule has 6 rings (SSSR count). The third-order valence-electron chi connectivity index (χ3n) is 13.9. The van der Waals surface area contributed by atoms with Gasteiger partial charge in [0.1, 0.15) is 11.5 Å². The second kappa shape index (κ2) is 32.3. The number of aromatic amines is 2. The molecular formula is C62H90N4O2. The van der Waals surface area contributed by atoms with E-state index in [0.29, 0.717) is 13.2 Å². The number of fused-ring (bicyclic) bond motifs is 8. The summed E-state index contributed by atoms with van der Waals surface area (Å²) in [6, 6.07) is 21.4. The van der Waals surface area contributed by atoms with Gasteiger partial charge >= 0.3 is 0 Å². The molecule has 6 nitrogen and oxygen atoms in total. The van der Waals surface area contributed by atoms with Gasteiger partial charge in [-0.3, -0.25) is 0 Å². The molecule has 3 aromatic heterocycles. The zero-order valence-electron chi connectivity index (χ0n) is 42.8. The van der Waals surface area contributed by atoms with Crippen LogP contribution in [-0.2, 0) is 0 Å². The SMILES string of the molecule is CCCCCCCCCCCCCCCCCCOc1cc(OCCCCCCCCCCCCCCCCCC)cc(-c2cc3cc4ccc(cc5nc(cc6nc(cc2[nH]3)C=C6)C=C5)[nH]4)c1. The topological polar surface area (TPSA) is 75.8 Å². The number of hydrogen-bond donors (Lipinski definition) is 2. The molecule has 0 fully saturated rings. The van der Waals surface area contributed by atoms with Gasteiger partial charge in [-0.05, 0) is 97.3 Å². The predicted molar refractivity (Wildman–Crippen MR) is 294 cm³/mol. The molecule has 6 heteroatoms. The van der Waals surface area contributed by atoms with Crippen molar-refractivity contribution >= 4 is 46.4 Å². The van der Waals surface area contributed by atoms with Crippen molar-refractivity contribution in [1.29, 1.82) is 0 Å². The minimum atomic E-state index is 0.716. The third-order valence-corrected chi connectivity index (χ3v) is 13.9. The largest absolute Gasteiger partial charge is 0.493 e. The van der Waals surface area contributed by atoms with Crippen LogP contribution < -0.4 is 9.47 Å². The van der Waals surface area contributed by atoms with Crippen LogP contribution in [0.25, 0.3) is 57.5 Å². The number of rotatable bonds is 37. The Labute approximate surface area is 412 Å². The Bertz CT molecular complexity index is 2170. The first-order chi connectivity index (χ1) is 33.6. The van der Waals surface area contributed by atoms with Crippen LogP contribution in [0.15, 0.2) is 60.7 Å². The lowest BCUT2D eigenvalue weighted by molar-refractivity contribution is 0.290. The van der Waals surface area contributed by atoms with Crippen LogP contribution in [0.5, 0.6) is 11.5 Å². The standard InChI is InChI=1S/C62H90N4O2/c1-3-5-7-9-11-13-15-17-19-21-23-25-27-29-31-33-41-67-59-43-51(44-60(50-59)68-42-34-32-30-28-26-24-22-20-18-16-14-12-10-8-6-4-2)61-48-58-47-56-38-37-54(64-56)45-52-35-36-53(63-52)46-55-39-40-57(65-55)49-62(61)66-58/h35-40,43-50,64,66H,3-34,41-42H2,1-2H3. The summed E-state index contributed by atoms with van der Waals surface area (Å²) < 4.78 is 13.1. The van der Waals surface area contributed by atoms with Gasteiger partial charge in [-0.2, -0.15) is 0 Å². The number of benzene rings is 1. The van der Waals surface area contributed by atoms with Crippen LogP contribution in [0.1, 0.15) is 242 Å². The molecule has 370 valence electrons. The van der Waals surface area contributed by atoms with Gasteiger partial charge in [-0.25, -0.2) is 9.97 Å². The number of H-pyrrole nitrogens is 2. The fourth-order valence-electron chi connectivity index (χ4n) is 9.83. The number of ether oxygens (including phenoxy) is 2. The molecule has 5 heterocycles. The highest BCUT2D eigenvalue weighted by Crippen LogP contribution is 2.34. The van der Waals surface area contributed by atoms with E-state index in [2.05, 4.69) is 90.6 Å². The molecule has 2 aliphatic rings. The highest BCUT2D eigenvalue weighted by atomic mass is 16.5. The van der Waals surface area contributed by atoms with E-state index in [0.717, 1.165) is 80.3 Å². The maximum absolute atomic E-state index is 6.55. The van der Waals surface area contributed by atoms with Crippen LogP contribution in [0.2, 0.25) is 0 Å². The summed E-state index contributed by atoms with van der Waals surface area (Å²) in [7, 11) is 0. The van der Waals surface area contributed by atoms with E-state index >= 15 is 0 Å². The van der Waals surface area contributed by atoms with Crippen LogP contribution in [0, 0.1) is 0 Å². The molecular weight excluding hydrogens is 833 g/mol. The number of aromatic nitrogens is 4. The Morgan fingerprint density at radius 1 is 0.338 bits per heavy atom. The van der Waals surface area contributed by atoms with Crippen molar-refractivity contribution in [3.8, 4) is 22.6 Å². The Balaban J connectivity index is 1.02. The van der Waals surface area contributed by atoms with Gasteiger partial charge in [0.2, 0.25) is 0 Å². The monoisotopic (exact) mass is 923 g/mol. The normalized spacial score (nSPS) is 12.1. The zero-order chi connectivity index (χ0) is 47.1. The second-order valence-electron chi connectivity index (χ2n) is 20.1. The maximum Gasteiger partial charge on any atom is 0.123 e. The molecule has 68 heavy (non-hydrogen) atoms. The lowest BCUT2D eigenvalue weighted by Gasteiger charge is -2.13. The fraction of sp³-hybridized carbons (Fsp3) is 0.581. The van der Waals surface area contributed by atoms with Crippen LogP contribution in [-0.4, -0.2) is 33.1 Å². The molecule has 0 radical (unpaired) electrons. The molecule has 2 aliphatic heterocycles. The summed E-state index contributed by atoms with van der Waals surface area (Å²) in [6.07, 6.45) is 51.9. The minimum absolute atomic E-state index is 0.716. The Hall–Kier alpha value is -4.58. The van der Waals surface area contributed by atoms with Crippen LogP contribution in [0.4, 0.5) is 0 Å². The van der Waals surface area contributed by atoms with Crippen molar-refractivity contribution in [2.45, 2.75) is 219 Å². The van der Waals surface area contributed by atoms with Gasteiger partial charge in [-0.1, -0.05) is 206 Å². The average Bonchev–Trinajstić information content (AvgIpc) is 4.17. The van der Waals surface area contributed by atoms with E-state index in [-0.39, 0.29) is 0 Å². The number of nitrogens with zero attached hydrogens (tertiary/aromatic N) is 2. The van der Waals surface area contributed by atoms with Crippen molar-refractivity contribution in [3.63, 3.8) is 0 Å². The highest BCUT2D eigenvalue weighted by Gasteiger charge is 2.12. The molecule has 0 spiro atoms. The molecule has 0 saturated heterocycles. The molecule has 0 unspecified atom stereocenters. The first-order valence-corrected chi connectivity index (χ1v) is 28.1. The first-order valence-electron chi connectivity index (χ1n) is 28.1. The van der Waals surface area contributed by atoms with E-state index in [1.54, 1.807) is 0 Å². The summed E-state index contributed by atoms with van der Waals surface area (Å²) in [5.41, 5.74) is 9.82. The quantitative estimate of drug-likeness (QED) is 0.0382. The average molecular weight is 923 g/mol. The Kier molecular flexibility index (Phi) is 25.1. The fourth-order valence-corrected chi connectivity index (χ4v) is 9.83. The molecule has 4 aromatic rings. The van der Waals surface area contributed by atoms with Gasteiger partial charge in [0.15, 0.2) is 0 Å². The molecule has 2 N–H and O–H groups in total.